The fourth-order valence-electron chi connectivity index (χ4n) is 1.65. The van der Waals surface area contributed by atoms with Crippen molar-refractivity contribution >= 4 is 22.6 Å². The van der Waals surface area contributed by atoms with E-state index < -0.39 is 0 Å². The van der Waals surface area contributed by atoms with E-state index in [-0.39, 0.29) is 0 Å². The van der Waals surface area contributed by atoms with Gasteiger partial charge >= 0.3 is 6.01 Å². The normalized spacial score (nSPS) is 16.9. The summed E-state index contributed by atoms with van der Waals surface area (Å²) in [6, 6.07) is 0.481. The molecule has 0 radical (unpaired) electrons. The van der Waals surface area contributed by atoms with Crippen molar-refractivity contribution in [2.24, 2.45) is 0 Å². The van der Waals surface area contributed by atoms with Crippen LogP contribution in [0.5, 0.6) is 6.01 Å². The molecule has 0 atom stereocenters. The molecule has 0 bridgehead atoms. The van der Waals surface area contributed by atoms with Crippen molar-refractivity contribution in [1.29, 1.82) is 0 Å². The van der Waals surface area contributed by atoms with E-state index in [9.17, 15) is 0 Å². The van der Waals surface area contributed by atoms with Crippen LogP contribution in [-0.4, -0.2) is 41.1 Å². The Morgan fingerprint density at radius 2 is 1.93 bits per heavy atom. The molecule has 0 N–H and O–H groups in total. The Bertz CT molecular complexity index is 298. The van der Waals surface area contributed by atoms with Crippen LogP contribution in [0, 0.1) is 3.57 Å². The largest absolute Gasteiger partial charge is 0.462 e. The van der Waals surface area contributed by atoms with E-state index in [4.69, 9.17) is 4.74 Å². The lowest BCUT2D eigenvalue weighted by atomic mass is 10.4. The van der Waals surface area contributed by atoms with Gasteiger partial charge in [-0.1, -0.05) is 0 Å². The van der Waals surface area contributed by atoms with Crippen molar-refractivity contribution < 1.29 is 4.74 Å². The van der Waals surface area contributed by atoms with Crippen LogP contribution in [0.3, 0.4) is 0 Å². The fraction of sp³-hybridized carbons (Fsp3) is 0.600. The molecule has 0 spiro atoms. The quantitative estimate of drug-likeness (QED) is 0.790. The highest BCUT2D eigenvalue weighted by Gasteiger charge is 2.10. The van der Waals surface area contributed by atoms with Gasteiger partial charge in [0.1, 0.15) is 6.61 Å². The molecule has 0 unspecified atom stereocenters. The number of ether oxygens (including phenoxy) is 1. The van der Waals surface area contributed by atoms with Crippen LogP contribution in [-0.2, 0) is 0 Å². The molecule has 5 heteroatoms. The van der Waals surface area contributed by atoms with Crippen molar-refractivity contribution in [1.82, 2.24) is 14.9 Å². The number of nitrogens with zero attached hydrogens (tertiary/aromatic N) is 3. The van der Waals surface area contributed by atoms with Crippen molar-refractivity contribution in [2.75, 3.05) is 26.2 Å². The summed E-state index contributed by atoms with van der Waals surface area (Å²) >= 11 is 2.18. The fourth-order valence-corrected chi connectivity index (χ4v) is 1.93. The average Bonchev–Trinajstić information content (AvgIpc) is 2.74. The molecule has 1 fully saturated rings. The molecule has 1 saturated heterocycles. The van der Waals surface area contributed by atoms with Crippen LogP contribution in [0.2, 0.25) is 0 Å². The third kappa shape index (κ3) is 3.57. The summed E-state index contributed by atoms with van der Waals surface area (Å²) in [4.78, 5) is 10.6. The second-order valence-corrected chi connectivity index (χ2v) is 4.83. The summed E-state index contributed by atoms with van der Waals surface area (Å²) in [6.45, 7) is 4.07. The highest BCUT2D eigenvalue weighted by atomic mass is 127. The minimum Gasteiger partial charge on any atom is -0.462 e. The first kappa shape index (κ1) is 11.1. The lowest BCUT2D eigenvalue weighted by molar-refractivity contribution is 0.225. The monoisotopic (exact) mass is 319 g/mol. The first-order valence-electron chi connectivity index (χ1n) is 5.17. The second kappa shape index (κ2) is 5.60. The number of hydrogen-bond donors (Lipinski definition) is 0. The summed E-state index contributed by atoms with van der Waals surface area (Å²) < 4.78 is 6.48. The average molecular weight is 319 g/mol. The van der Waals surface area contributed by atoms with Gasteiger partial charge in [-0.25, -0.2) is 9.97 Å². The molecular weight excluding hydrogens is 305 g/mol. The van der Waals surface area contributed by atoms with Crippen molar-refractivity contribution in [3.63, 3.8) is 0 Å². The molecule has 4 nitrogen and oxygen atoms in total. The first-order chi connectivity index (χ1) is 7.34. The number of halogens is 1. The van der Waals surface area contributed by atoms with Gasteiger partial charge < -0.3 is 4.74 Å². The number of likely N-dealkylation sites (tertiary alicyclic amines) is 1. The van der Waals surface area contributed by atoms with Crippen molar-refractivity contribution in [3.05, 3.63) is 16.0 Å². The third-order valence-corrected chi connectivity index (χ3v) is 2.99. The predicted molar refractivity (Wildman–Crippen MR) is 65.9 cm³/mol. The Balaban J connectivity index is 1.71. The van der Waals surface area contributed by atoms with E-state index in [0.717, 1.165) is 10.1 Å². The summed E-state index contributed by atoms with van der Waals surface area (Å²) in [5.74, 6) is 0. The van der Waals surface area contributed by atoms with Gasteiger partial charge in [0.05, 0.1) is 0 Å². The van der Waals surface area contributed by atoms with Gasteiger partial charge in [0.25, 0.3) is 0 Å². The van der Waals surface area contributed by atoms with E-state index in [0.29, 0.717) is 12.6 Å². The number of rotatable bonds is 4. The molecule has 1 aromatic rings. The van der Waals surface area contributed by atoms with E-state index in [1.807, 2.05) is 0 Å². The van der Waals surface area contributed by atoms with Crippen LogP contribution < -0.4 is 4.74 Å². The maximum Gasteiger partial charge on any atom is 0.316 e. The van der Waals surface area contributed by atoms with E-state index in [2.05, 4.69) is 37.5 Å². The zero-order valence-corrected chi connectivity index (χ0v) is 10.7. The molecule has 15 heavy (non-hydrogen) atoms. The lowest BCUT2D eigenvalue weighted by Gasteiger charge is -2.13. The Hall–Kier alpha value is -0.430. The van der Waals surface area contributed by atoms with Crippen molar-refractivity contribution in [3.8, 4) is 6.01 Å². The Morgan fingerprint density at radius 1 is 1.27 bits per heavy atom. The highest BCUT2D eigenvalue weighted by molar-refractivity contribution is 14.1. The number of aromatic nitrogens is 2. The zero-order valence-electron chi connectivity index (χ0n) is 8.53. The summed E-state index contributed by atoms with van der Waals surface area (Å²) in [5.41, 5.74) is 0. The van der Waals surface area contributed by atoms with Crippen LogP contribution in [0.25, 0.3) is 0 Å². The van der Waals surface area contributed by atoms with Crippen LogP contribution >= 0.6 is 22.6 Å². The van der Waals surface area contributed by atoms with E-state index >= 15 is 0 Å². The highest BCUT2D eigenvalue weighted by Crippen LogP contribution is 2.07. The molecule has 1 aliphatic heterocycles. The van der Waals surface area contributed by atoms with E-state index in [1.54, 1.807) is 12.4 Å². The van der Waals surface area contributed by atoms with Crippen LogP contribution in [0.1, 0.15) is 12.8 Å². The zero-order chi connectivity index (χ0) is 10.5. The topological polar surface area (TPSA) is 38.2 Å². The van der Waals surface area contributed by atoms with Crippen LogP contribution in [0.15, 0.2) is 12.4 Å². The Kier molecular flexibility index (Phi) is 4.13. The predicted octanol–water partition coefficient (Wildman–Crippen LogP) is 1.56. The van der Waals surface area contributed by atoms with Gasteiger partial charge in [0.15, 0.2) is 0 Å². The molecule has 1 aromatic heterocycles. The first-order valence-corrected chi connectivity index (χ1v) is 6.25. The summed E-state index contributed by atoms with van der Waals surface area (Å²) in [5, 5.41) is 0. The maximum absolute atomic E-state index is 5.46. The molecule has 1 aliphatic rings. The molecule has 2 rings (SSSR count). The maximum atomic E-state index is 5.46. The van der Waals surface area contributed by atoms with Gasteiger partial charge in [-0.15, -0.1) is 0 Å². The molecule has 0 saturated carbocycles. The smallest absolute Gasteiger partial charge is 0.316 e. The van der Waals surface area contributed by atoms with Gasteiger partial charge in [0, 0.05) is 22.5 Å². The molecule has 0 amide bonds. The third-order valence-electron chi connectivity index (χ3n) is 2.43. The Labute approximate surface area is 103 Å². The lowest BCUT2D eigenvalue weighted by Crippen LogP contribution is -2.25. The second-order valence-electron chi connectivity index (χ2n) is 3.58. The molecule has 0 aliphatic carbocycles. The van der Waals surface area contributed by atoms with Gasteiger partial charge in [-0.3, -0.25) is 4.90 Å². The molecule has 0 aromatic carbocycles. The number of hydrogen-bond acceptors (Lipinski definition) is 4. The van der Waals surface area contributed by atoms with Crippen LogP contribution in [0.4, 0.5) is 0 Å². The SMILES string of the molecule is Ic1cnc(OCCN2CCCC2)nc1. The van der Waals surface area contributed by atoms with Gasteiger partial charge in [0.2, 0.25) is 0 Å². The van der Waals surface area contributed by atoms with Crippen molar-refractivity contribution in [2.45, 2.75) is 12.8 Å². The Morgan fingerprint density at radius 3 is 2.60 bits per heavy atom. The minimum atomic E-state index is 0.481. The molecule has 82 valence electrons. The summed E-state index contributed by atoms with van der Waals surface area (Å²) in [6.07, 6.45) is 6.16. The van der Waals surface area contributed by atoms with E-state index in [1.165, 1.54) is 25.9 Å². The molecule has 2 heterocycles. The van der Waals surface area contributed by atoms with Gasteiger partial charge in [-0.05, 0) is 48.5 Å². The summed E-state index contributed by atoms with van der Waals surface area (Å²) in [7, 11) is 0. The standard InChI is InChI=1S/C10H14IN3O/c11-9-7-12-10(13-8-9)15-6-5-14-3-1-2-4-14/h7-8H,1-6H2. The molecular formula is C10H14IN3O. The van der Waals surface area contributed by atoms with Gasteiger partial charge in [-0.2, -0.15) is 0 Å². The minimum absolute atomic E-state index is 0.481.